The van der Waals surface area contributed by atoms with Crippen LogP contribution in [0.25, 0.3) is 0 Å². The van der Waals surface area contributed by atoms with Gasteiger partial charge >= 0.3 is 6.18 Å². The fourth-order valence-electron chi connectivity index (χ4n) is 3.25. The number of halogens is 5. The summed E-state index contributed by atoms with van der Waals surface area (Å²) in [4.78, 5) is 14.9. The van der Waals surface area contributed by atoms with Crippen LogP contribution < -0.4 is 15.5 Å². The first-order valence-corrected chi connectivity index (χ1v) is 10.1. The van der Waals surface area contributed by atoms with Crippen LogP contribution in [-0.4, -0.2) is 41.6 Å². The lowest BCUT2D eigenvalue weighted by Gasteiger charge is -2.21. The molecule has 6 nitrogen and oxygen atoms in total. The number of rotatable bonds is 5. The number of nitrogens with one attached hydrogen (secondary N) is 2. The van der Waals surface area contributed by atoms with Crippen molar-refractivity contribution in [2.45, 2.75) is 39.0 Å². The number of aromatic nitrogens is 2. The van der Waals surface area contributed by atoms with Crippen molar-refractivity contribution >= 4 is 47.4 Å². The lowest BCUT2D eigenvalue weighted by atomic mass is 10.2. The molecule has 0 spiro atoms. The van der Waals surface area contributed by atoms with Gasteiger partial charge in [0.25, 0.3) is 0 Å². The number of pyridine rings is 2. The summed E-state index contributed by atoms with van der Waals surface area (Å²) in [7, 11) is 0. The molecule has 0 bridgehead atoms. The summed E-state index contributed by atoms with van der Waals surface area (Å²) in [6.07, 6.45) is -2.86. The van der Waals surface area contributed by atoms with Crippen LogP contribution >= 0.6 is 35.6 Å². The van der Waals surface area contributed by atoms with E-state index in [0.29, 0.717) is 38.0 Å². The van der Waals surface area contributed by atoms with Crippen molar-refractivity contribution in [1.29, 1.82) is 0 Å². The van der Waals surface area contributed by atoms with Crippen LogP contribution in [0, 0.1) is 6.92 Å². The third-order valence-corrected chi connectivity index (χ3v) is 4.95. The van der Waals surface area contributed by atoms with Crippen LogP contribution in [0.2, 0.25) is 5.02 Å². The van der Waals surface area contributed by atoms with Crippen molar-refractivity contribution in [2.24, 2.45) is 4.99 Å². The maximum absolute atomic E-state index is 12.8. The highest BCUT2D eigenvalue weighted by atomic mass is 127. The van der Waals surface area contributed by atoms with E-state index in [1.165, 1.54) is 0 Å². The smallest absolute Gasteiger partial charge is 0.357 e. The zero-order valence-corrected chi connectivity index (χ0v) is 20.3. The number of aliphatic imine (C=N–C) groups is 1. The minimum atomic E-state index is -4.46. The number of hydrogen-bond donors (Lipinski definition) is 2. The van der Waals surface area contributed by atoms with E-state index in [2.05, 4.69) is 25.6 Å². The molecule has 1 atom stereocenters. The van der Waals surface area contributed by atoms with Gasteiger partial charge in [0, 0.05) is 37.6 Å². The Morgan fingerprint density at radius 3 is 2.77 bits per heavy atom. The van der Waals surface area contributed by atoms with Gasteiger partial charge in [0.15, 0.2) is 5.96 Å². The molecule has 0 saturated carbocycles. The molecule has 3 rings (SSSR count). The summed E-state index contributed by atoms with van der Waals surface area (Å²) >= 11 is 6.08. The maximum Gasteiger partial charge on any atom is 0.417 e. The third kappa shape index (κ3) is 7.09. The quantitative estimate of drug-likeness (QED) is 0.318. The third-order valence-electron chi connectivity index (χ3n) is 4.67. The van der Waals surface area contributed by atoms with Gasteiger partial charge < -0.3 is 15.5 Å². The molecule has 1 fully saturated rings. The normalized spacial score (nSPS) is 16.8. The fraction of sp³-hybridized carbons (Fsp3) is 0.450. The molecule has 2 aromatic heterocycles. The molecule has 1 saturated heterocycles. The van der Waals surface area contributed by atoms with Gasteiger partial charge in [-0.3, -0.25) is 4.98 Å². The second-order valence-corrected chi connectivity index (χ2v) is 7.48. The van der Waals surface area contributed by atoms with E-state index in [1.54, 1.807) is 0 Å². The Morgan fingerprint density at radius 2 is 2.13 bits per heavy atom. The van der Waals surface area contributed by atoms with E-state index in [0.717, 1.165) is 30.1 Å². The highest BCUT2D eigenvalue weighted by Gasteiger charge is 2.33. The van der Waals surface area contributed by atoms with Crippen molar-refractivity contribution in [3.05, 3.63) is 52.4 Å². The van der Waals surface area contributed by atoms with E-state index < -0.39 is 11.7 Å². The van der Waals surface area contributed by atoms with Gasteiger partial charge in [0.05, 0.1) is 22.8 Å². The standard InChI is InChI=1S/C20H24ClF3N6.HI/c1-3-25-19(27-11-15-6-4-5-13(2)28-15)29-16-7-8-30(12-16)18-17(21)9-14(10-26-18)20(22,23)24;/h4-6,9-10,16H,3,7-8,11-12H2,1-2H3,(H2,25,27,29);1H. The molecule has 11 heteroatoms. The second kappa shape index (κ2) is 11.2. The minimum Gasteiger partial charge on any atom is -0.357 e. The van der Waals surface area contributed by atoms with Crippen LogP contribution in [0.4, 0.5) is 19.0 Å². The minimum absolute atomic E-state index is 0. The number of aryl methyl sites for hydroxylation is 1. The Morgan fingerprint density at radius 1 is 1.35 bits per heavy atom. The molecule has 1 aliphatic heterocycles. The SMILES string of the molecule is CCNC(=NCc1cccc(C)n1)NC1CCN(c2ncc(C(F)(F)F)cc2Cl)C1.I. The summed E-state index contributed by atoms with van der Waals surface area (Å²) in [5, 5.41) is 6.58. The Bertz CT molecular complexity index is 909. The number of nitrogens with zero attached hydrogens (tertiary/aromatic N) is 4. The van der Waals surface area contributed by atoms with E-state index in [9.17, 15) is 13.2 Å². The van der Waals surface area contributed by atoms with Crippen molar-refractivity contribution in [3.63, 3.8) is 0 Å². The lowest BCUT2D eigenvalue weighted by molar-refractivity contribution is -0.137. The van der Waals surface area contributed by atoms with Gasteiger partial charge in [-0.25, -0.2) is 9.98 Å². The van der Waals surface area contributed by atoms with Crippen molar-refractivity contribution < 1.29 is 13.2 Å². The van der Waals surface area contributed by atoms with Crippen molar-refractivity contribution in [3.8, 4) is 0 Å². The summed E-state index contributed by atoms with van der Waals surface area (Å²) in [5.41, 5.74) is 0.963. The summed E-state index contributed by atoms with van der Waals surface area (Å²) in [6, 6.07) is 6.79. The van der Waals surface area contributed by atoms with Gasteiger partial charge in [0.1, 0.15) is 5.82 Å². The van der Waals surface area contributed by atoms with Crippen molar-refractivity contribution in [1.82, 2.24) is 20.6 Å². The van der Waals surface area contributed by atoms with E-state index in [4.69, 9.17) is 11.6 Å². The van der Waals surface area contributed by atoms with E-state index in [1.807, 2.05) is 36.9 Å². The number of alkyl halides is 3. The maximum atomic E-state index is 12.8. The highest BCUT2D eigenvalue weighted by molar-refractivity contribution is 14.0. The first-order valence-electron chi connectivity index (χ1n) is 9.71. The summed E-state index contributed by atoms with van der Waals surface area (Å²) < 4.78 is 38.5. The Labute approximate surface area is 201 Å². The van der Waals surface area contributed by atoms with Gasteiger partial charge in [-0.15, -0.1) is 24.0 Å². The second-order valence-electron chi connectivity index (χ2n) is 7.07. The zero-order valence-electron chi connectivity index (χ0n) is 17.2. The molecule has 3 heterocycles. The zero-order chi connectivity index (χ0) is 21.7. The molecule has 2 N–H and O–H groups in total. The Balaban J connectivity index is 0.00000341. The highest BCUT2D eigenvalue weighted by Crippen LogP contribution is 2.34. The largest absolute Gasteiger partial charge is 0.417 e. The number of anilines is 1. The molecule has 170 valence electrons. The Hall–Kier alpha value is -1.82. The molecule has 0 amide bonds. The lowest BCUT2D eigenvalue weighted by Crippen LogP contribution is -2.44. The predicted molar refractivity (Wildman–Crippen MR) is 127 cm³/mol. The molecule has 0 aromatic carbocycles. The molecule has 1 aliphatic rings. The molecule has 0 aliphatic carbocycles. The topological polar surface area (TPSA) is 65.4 Å². The van der Waals surface area contributed by atoms with Crippen molar-refractivity contribution in [2.75, 3.05) is 24.5 Å². The fourth-order valence-corrected chi connectivity index (χ4v) is 3.54. The van der Waals surface area contributed by atoms with Gasteiger partial charge in [-0.05, 0) is 38.5 Å². The Kier molecular flexibility index (Phi) is 9.16. The van der Waals surface area contributed by atoms with Crippen LogP contribution in [0.3, 0.4) is 0 Å². The number of guanidine groups is 1. The molecule has 2 aromatic rings. The molecule has 0 radical (unpaired) electrons. The van der Waals surface area contributed by atoms with Crippen LogP contribution in [0.1, 0.15) is 30.3 Å². The number of hydrogen-bond acceptors (Lipinski definition) is 4. The molecular weight excluding hydrogens is 544 g/mol. The first kappa shape index (κ1) is 25.4. The predicted octanol–water partition coefficient (Wildman–Crippen LogP) is 4.41. The van der Waals surface area contributed by atoms with Gasteiger partial charge in [-0.2, -0.15) is 13.2 Å². The molecule has 1 unspecified atom stereocenters. The average Bonchev–Trinajstić information content (AvgIpc) is 3.14. The van der Waals surface area contributed by atoms with Crippen LogP contribution in [0.15, 0.2) is 35.5 Å². The van der Waals surface area contributed by atoms with Gasteiger partial charge in [-0.1, -0.05) is 17.7 Å². The summed E-state index contributed by atoms with van der Waals surface area (Å²) in [5.74, 6) is 1.03. The molecule has 31 heavy (non-hydrogen) atoms. The van der Waals surface area contributed by atoms with Crippen LogP contribution in [-0.2, 0) is 12.7 Å². The first-order chi connectivity index (χ1) is 14.3. The average molecular weight is 569 g/mol. The van der Waals surface area contributed by atoms with E-state index >= 15 is 0 Å². The monoisotopic (exact) mass is 568 g/mol. The summed E-state index contributed by atoms with van der Waals surface area (Å²) in [6.45, 7) is 6.26. The van der Waals surface area contributed by atoms with Crippen LogP contribution in [0.5, 0.6) is 0 Å². The van der Waals surface area contributed by atoms with Gasteiger partial charge in [0.2, 0.25) is 0 Å². The molecular formula is C20H25ClF3IN6. The van der Waals surface area contributed by atoms with E-state index in [-0.39, 0.29) is 35.0 Å².